The molecule has 0 unspecified atom stereocenters. The Kier molecular flexibility index (Phi) is 8.43. The van der Waals surface area contributed by atoms with Crippen LogP contribution in [0.3, 0.4) is 0 Å². The molecular formula is C20H29NO2. The summed E-state index contributed by atoms with van der Waals surface area (Å²) >= 11 is 0. The SMILES string of the molecule is CCCC(O)(C#Cc1cccc(CCCNC(C)=O)c1)CCC. The molecule has 3 nitrogen and oxygen atoms in total. The van der Waals surface area contributed by atoms with Crippen molar-refractivity contribution in [1.29, 1.82) is 0 Å². The van der Waals surface area contributed by atoms with Crippen molar-refractivity contribution in [1.82, 2.24) is 5.32 Å². The van der Waals surface area contributed by atoms with Crippen LogP contribution in [0, 0.1) is 11.8 Å². The van der Waals surface area contributed by atoms with Crippen LogP contribution < -0.4 is 5.32 Å². The van der Waals surface area contributed by atoms with Crippen LogP contribution >= 0.6 is 0 Å². The Morgan fingerprint density at radius 2 is 1.96 bits per heavy atom. The minimum absolute atomic E-state index is 0.00995. The molecule has 0 radical (unpaired) electrons. The van der Waals surface area contributed by atoms with Crippen molar-refractivity contribution in [2.45, 2.75) is 64.9 Å². The van der Waals surface area contributed by atoms with E-state index >= 15 is 0 Å². The summed E-state index contributed by atoms with van der Waals surface area (Å²) in [5.41, 5.74) is 1.27. The zero-order valence-electron chi connectivity index (χ0n) is 14.6. The van der Waals surface area contributed by atoms with Gasteiger partial charge in [-0.15, -0.1) is 0 Å². The highest BCUT2D eigenvalue weighted by atomic mass is 16.3. The lowest BCUT2D eigenvalue weighted by molar-refractivity contribution is -0.118. The van der Waals surface area contributed by atoms with Crippen LogP contribution in [-0.2, 0) is 11.2 Å². The molecule has 0 heterocycles. The van der Waals surface area contributed by atoms with Gasteiger partial charge in [-0.05, 0) is 43.4 Å². The second kappa shape index (κ2) is 10.1. The van der Waals surface area contributed by atoms with E-state index in [2.05, 4.69) is 43.1 Å². The van der Waals surface area contributed by atoms with Crippen LogP contribution in [0.25, 0.3) is 0 Å². The van der Waals surface area contributed by atoms with Crippen LogP contribution in [0.1, 0.15) is 64.0 Å². The lowest BCUT2D eigenvalue weighted by Gasteiger charge is -2.20. The molecule has 23 heavy (non-hydrogen) atoms. The van der Waals surface area contributed by atoms with Crippen molar-refractivity contribution < 1.29 is 9.90 Å². The summed E-state index contributed by atoms with van der Waals surface area (Å²) in [5.74, 6) is 6.22. The number of benzene rings is 1. The van der Waals surface area contributed by atoms with E-state index in [0.29, 0.717) is 19.4 Å². The molecule has 1 amide bonds. The molecule has 0 fully saturated rings. The molecule has 0 saturated heterocycles. The van der Waals surface area contributed by atoms with Gasteiger partial charge in [0.05, 0.1) is 0 Å². The van der Waals surface area contributed by atoms with E-state index in [1.165, 1.54) is 12.5 Å². The van der Waals surface area contributed by atoms with Crippen molar-refractivity contribution >= 4 is 5.91 Å². The second-order valence-corrected chi connectivity index (χ2v) is 6.07. The van der Waals surface area contributed by atoms with E-state index in [0.717, 1.165) is 31.2 Å². The second-order valence-electron chi connectivity index (χ2n) is 6.07. The van der Waals surface area contributed by atoms with Gasteiger partial charge in [-0.1, -0.05) is 50.7 Å². The molecule has 0 spiro atoms. The van der Waals surface area contributed by atoms with Gasteiger partial charge >= 0.3 is 0 Å². The van der Waals surface area contributed by atoms with E-state index in [4.69, 9.17) is 0 Å². The Labute approximate surface area is 140 Å². The van der Waals surface area contributed by atoms with Crippen LogP contribution in [0.5, 0.6) is 0 Å². The Morgan fingerprint density at radius 1 is 1.26 bits per heavy atom. The molecule has 0 saturated carbocycles. The zero-order valence-corrected chi connectivity index (χ0v) is 14.6. The molecule has 0 aliphatic carbocycles. The fraction of sp³-hybridized carbons (Fsp3) is 0.550. The standard InChI is InChI=1S/C20H29NO2/c1-4-12-20(23,13-5-2)14-11-19-9-6-8-18(16-19)10-7-15-21-17(3)22/h6,8-9,16,23H,4-5,7,10,12-13,15H2,1-3H3,(H,21,22). The fourth-order valence-electron chi connectivity index (χ4n) is 2.63. The number of aliphatic hydroxyl groups is 1. The number of carbonyl (C=O) groups is 1. The van der Waals surface area contributed by atoms with Crippen molar-refractivity contribution in [3.8, 4) is 11.8 Å². The highest BCUT2D eigenvalue weighted by Crippen LogP contribution is 2.18. The number of hydrogen-bond donors (Lipinski definition) is 2. The Morgan fingerprint density at radius 3 is 2.57 bits per heavy atom. The van der Waals surface area contributed by atoms with Gasteiger partial charge in [0.15, 0.2) is 0 Å². The molecule has 1 rings (SSSR count). The molecule has 1 aromatic rings. The third kappa shape index (κ3) is 7.85. The van der Waals surface area contributed by atoms with Gasteiger partial charge in [-0.3, -0.25) is 4.79 Å². The molecule has 1 aromatic carbocycles. The van der Waals surface area contributed by atoms with E-state index in [-0.39, 0.29) is 5.91 Å². The molecule has 0 aliphatic heterocycles. The molecule has 0 aliphatic rings. The van der Waals surface area contributed by atoms with Gasteiger partial charge in [0.1, 0.15) is 5.60 Å². The van der Waals surface area contributed by atoms with Gasteiger partial charge in [0.25, 0.3) is 0 Å². The molecular weight excluding hydrogens is 286 g/mol. The van der Waals surface area contributed by atoms with Crippen LogP contribution in [-0.4, -0.2) is 23.2 Å². The van der Waals surface area contributed by atoms with Crippen LogP contribution in [0.15, 0.2) is 24.3 Å². The van der Waals surface area contributed by atoms with E-state index in [1.807, 2.05) is 12.1 Å². The predicted molar refractivity (Wildman–Crippen MR) is 95.1 cm³/mol. The fourth-order valence-corrected chi connectivity index (χ4v) is 2.63. The highest BCUT2D eigenvalue weighted by molar-refractivity contribution is 5.72. The Bertz CT molecular complexity index is 548. The summed E-state index contributed by atoms with van der Waals surface area (Å²) in [4.78, 5) is 10.8. The smallest absolute Gasteiger partial charge is 0.216 e. The maximum Gasteiger partial charge on any atom is 0.216 e. The largest absolute Gasteiger partial charge is 0.378 e. The summed E-state index contributed by atoms with van der Waals surface area (Å²) in [6.45, 7) is 6.36. The molecule has 0 aromatic heterocycles. The maximum absolute atomic E-state index is 10.8. The number of amides is 1. The monoisotopic (exact) mass is 315 g/mol. The molecule has 0 atom stereocenters. The topological polar surface area (TPSA) is 49.3 Å². The third-order valence-electron chi connectivity index (χ3n) is 3.71. The summed E-state index contributed by atoms with van der Waals surface area (Å²) in [5, 5.41) is 13.4. The predicted octanol–water partition coefficient (Wildman–Crippen LogP) is 3.44. The first-order valence-corrected chi connectivity index (χ1v) is 8.58. The Balaban J connectivity index is 2.69. The average molecular weight is 315 g/mol. The van der Waals surface area contributed by atoms with Crippen molar-refractivity contribution in [3.05, 3.63) is 35.4 Å². The molecule has 3 heteroatoms. The van der Waals surface area contributed by atoms with Crippen molar-refractivity contribution in [2.75, 3.05) is 6.54 Å². The summed E-state index contributed by atoms with van der Waals surface area (Å²) in [6.07, 6.45) is 5.09. The van der Waals surface area contributed by atoms with E-state index in [1.54, 1.807) is 0 Å². The quantitative estimate of drug-likeness (QED) is 0.570. The van der Waals surface area contributed by atoms with Gasteiger partial charge in [0.2, 0.25) is 5.91 Å². The number of nitrogens with one attached hydrogen (secondary N) is 1. The van der Waals surface area contributed by atoms with Gasteiger partial charge in [0, 0.05) is 19.0 Å². The first-order valence-electron chi connectivity index (χ1n) is 8.58. The average Bonchev–Trinajstić information content (AvgIpc) is 2.51. The van der Waals surface area contributed by atoms with Crippen molar-refractivity contribution in [3.63, 3.8) is 0 Å². The number of aryl methyl sites for hydroxylation is 1. The molecule has 2 N–H and O–H groups in total. The lowest BCUT2D eigenvalue weighted by atomic mass is 9.93. The maximum atomic E-state index is 10.8. The van der Waals surface area contributed by atoms with Crippen molar-refractivity contribution in [2.24, 2.45) is 0 Å². The van der Waals surface area contributed by atoms with E-state index in [9.17, 15) is 9.90 Å². The number of carbonyl (C=O) groups excluding carboxylic acids is 1. The third-order valence-corrected chi connectivity index (χ3v) is 3.71. The van der Waals surface area contributed by atoms with Crippen LogP contribution in [0.4, 0.5) is 0 Å². The molecule has 126 valence electrons. The summed E-state index contributed by atoms with van der Waals surface area (Å²) < 4.78 is 0. The molecule has 0 bridgehead atoms. The normalized spacial score (nSPS) is 10.8. The van der Waals surface area contributed by atoms with Gasteiger partial charge < -0.3 is 10.4 Å². The first kappa shape index (κ1) is 19.3. The number of hydrogen-bond acceptors (Lipinski definition) is 2. The van der Waals surface area contributed by atoms with Crippen LogP contribution in [0.2, 0.25) is 0 Å². The minimum atomic E-state index is -0.870. The van der Waals surface area contributed by atoms with E-state index < -0.39 is 5.60 Å². The highest BCUT2D eigenvalue weighted by Gasteiger charge is 2.21. The first-order chi connectivity index (χ1) is 11.0. The zero-order chi connectivity index (χ0) is 17.1. The van der Waals surface area contributed by atoms with Gasteiger partial charge in [-0.25, -0.2) is 0 Å². The minimum Gasteiger partial charge on any atom is -0.378 e. The van der Waals surface area contributed by atoms with Gasteiger partial charge in [-0.2, -0.15) is 0 Å². The Hall–Kier alpha value is -1.79. The lowest BCUT2D eigenvalue weighted by Crippen LogP contribution is -2.25. The summed E-state index contributed by atoms with van der Waals surface area (Å²) in [6, 6.07) is 8.11. The summed E-state index contributed by atoms with van der Waals surface area (Å²) in [7, 11) is 0. The number of rotatable bonds is 8.